The Balaban J connectivity index is 2.18. The molecule has 2 nitrogen and oxygen atoms in total. The fraction of sp³-hybridized carbons (Fsp3) is 0.211. The van der Waals surface area contributed by atoms with E-state index in [1.54, 1.807) is 0 Å². The van der Waals surface area contributed by atoms with Gasteiger partial charge in [0, 0.05) is 11.1 Å². The zero-order valence-electron chi connectivity index (χ0n) is 12.1. The monoisotopic (exact) mass is 276 g/mol. The molecule has 21 heavy (non-hydrogen) atoms. The maximum absolute atomic E-state index is 12.9. The number of benzene rings is 2. The van der Waals surface area contributed by atoms with E-state index >= 15 is 0 Å². The Labute approximate surface area is 123 Å². The maximum Gasteiger partial charge on any atom is 0.196 e. The van der Waals surface area contributed by atoms with E-state index in [4.69, 9.17) is 4.42 Å². The van der Waals surface area contributed by atoms with E-state index in [2.05, 4.69) is 19.9 Å². The van der Waals surface area contributed by atoms with Crippen molar-refractivity contribution in [1.29, 1.82) is 0 Å². The lowest BCUT2D eigenvalue weighted by Gasteiger charge is -2.29. The van der Waals surface area contributed by atoms with Gasteiger partial charge in [0.25, 0.3) is 0 Å². The molecule has 0 saturated heterocycles. The van der Waals surface area contributed by atoms with Crippen LogP contribution < -0.4 is 5.43 Å². The van der Waals surface area contributed by atoms with Gasteiger partial charge in [-0.1, -0.05) is 50.2 Å². The molecule has 4 rings (SSSR count). The van der Waals surface area contributed by atoms with E-state index < -0.39 is 0 Å². The molecule has 0 bridgehead atoms. The second-order valence-corrected chi connectivity index (χ2v) is 5.83. The Bertz CT molecular complexity index is 905. The number of fused-ring (bicyclic) bond motifs is 4. The Hall–Kier alpha value is -2.35. The van der Waals surface area contributed by atoms with Crippen molar-refractivity contribution in [1.82, 2.24) is 0 Å². The summed E-state index contributed by atoms with van der Waals surface area (Å²) in [6.45, 7) is 4.30. The highest BCUT2D eigenvalue weighted by Crippen LogP contribution is 2.45. The summed E-state index contributed by atoms with van der Waals surface area (Å²) in [7, 11) is 0. The molecule has 2 atom stereocenters. The fourth-order valence-electron chi connectivity index (χ4n) is 3.39. The Morgan fingerprint density at radius 1 is 0.905 bits per heavy atom. The van der Waals surface area contributed by atoms with Crippen LogP contribution in [0.15, 0.2) is 57.7 Å². The van der Waals surface area contributed by atoms with Gasteiger partial charge >= 0.3 is 0 Å². The molecule has 0 aliphatic heterocycles. The molecule has 1 aromatic heterocycles. The highest BCUT2D eigenvalue weighted by Gasteiger charge is 2.32. The Morgan fingerprint density at radius 2 is 1.62 bits per heavy atom. The van der Waals surface area contributed by atoms with Crippen LogP contribution >= 0.6 is 0 Å². The maximum atomic E-state index is 12.9. The molecule has 0 N–H and O–H groups in total. The molecule has 0 fully saturated rings. The molecule has 3 aromatic rings. The van der Waals surface area contributed by atoms with E-state index in [0.717, 1.165) is 16.9 Å². The van der Waals surface area contributed by atoms with Crippen molar-refractivity contribution in [2.24, 2.45) is 0 Å². The molecule has 2 heteroatoms. The highest BCUT2D eigenvalue weighted by molar-refractivity contribution is 5.82. The van der Waals surface area contributed by atoms with Crippen molar-refractivity contribution >= 4 is 11.0 Å². The van der Waals surface area contributed by atoms with Crippen molar-refractivity contribution in [3.63, 3.8) is 0 Å². The van der Waals surface area contributed by atoms with Crippen molar-refractivity contribution in [3.8, 4) is 11.3 Å². The second kappa shape index (κ2) is 4.32. The lowest BCUT2D eigenvalue weighted by atomic mass is 9.75. The third-order valence-electron chi connectivity index (χ3n) is 4.73. The minimum Gasteiger partial charge on any atom is -0.456 e. The molecule has 1 heterocycles. The van der Waals surface area contributed by atoms with E-state index in [9.17, 15) is 4.79 Å². The number of rotatable bonds is 0. The summed E-state index contributed by atoms with van der Waals surface area (Å²) < 4.78 is 6.11. The van der Waals surface area contributed by atoms with Gasteiger partial charge in [-0.05, 0) is 29.5 Å². The standard InChI is InChI=1S/C19H16O2/c1-11-12(2)17-18(20)15-9-5-6-10-16(15)21-19(17)14-8-4-3-7-13(11)14/h3-12H,1-2H3. The molecule has 0 saturated carbocycles. The summed E-state index contributed by atoms with van der Waals surface area (Å²) in [5, 5.41) is 0.676. The van der Waals surface area contributed by atoms with Gasteiger partial charge in [0.2, 0.25) is 0 Å². The minimum absolute atomic E-state index is 0.112. The topological polar surface area (TPSA) is 30.2 Å². The van der Waals surface area contributed by atoms with E-state index in [1.807, 2.05) is 42.5 Å². The lowest BCUT2D eigenvalue weighted by molar-refractivity contribution is 0.550. The Kier molecular flexibility index (Phi) is 2.55. The van der Waals surface area contributed by atoms with Gasteiger partial charge in [-0.25, -0.2) is 0 Å². The predicted molar refractivity (Wildman–Crippen MR) is 84.8 cm³/mol. The van der Waals surface area contributed by atoms with Crippen LogP contribution in [0.3, 0.4) is 0 Å². The normalized spacial score (nSPS) is 20.1. The predicted octanol–water partition coefficient (Wildman–Crippen LogP) is 4.68. The van der Waals surface area contributed by atoms with Crippen LogP contribution in [-0.4, -0.2) is 0 Å². The molecule has 1 aliphatic rings. The third-order valence-corrected chi connectivity index (χ3v) is 4.73. The molecule has 1 aliphatic carbocycles. The fourth-order valence-corrected chi connectivity index (χ4v) is 3.39. The van der Waals surface area contributed by atoms with Crippen LogP contribution in [0.5, 0.6) is 0 Å². The SMILES string of the molecule is CC1c2ccccc2-c2oc3ccccc3c(=O)c2C1C. The van der Waals surface area contributed by atoms with E-state index in [1.165, 1.54) is 5.56 Å². The summed E-state index contributed by atoms with van der Waals surface area (Å²) in [6, 6.07) is 15.7. The van der Waals surface area contributed by atoms with E-state index in [-0.39, 0.29) is 11.3 Å². The summed E-state index contributed by atoms with van der Waals surface area (Å²) >= 11 is 0. The largest absolute Gasteiger partial charge is 0.456 e. The number of para-hydroxylation sites is 1. The first-order valence-electron chi connectivity index (χ1n) is 7.33. The molecule has 2 unspecified atom stereocenters. The summed E-state index contributed by atoms with van der Waals surface area (Å²) in [5.41, 5.74) is 3.91. The summed E-state index contributed by atoms with van der Waals surface area (Å²) in [4.78, 5) is 12.9. The van der Waals surface area contributed by atoms with Gasteiger partial charge < -0.3 is 4.42 Å². The third kappa shape index (κ3) is 1.62. The lowest BCUT2D eigenvalue weighted by Crippen LogP contribution is -2.21. The number of hydrogen-bond donors (Lipinski definition) is 0. The summed E-state index contributed by atoms with van der Waals surface area (Å²) in [5.74, 6) is 1.23. The second-order valence-electron chi connectivity index (χ2n) is 5.83. The quantitative estimate of drug-likeness (QED) is 0.596. The minimum atomic E-state index is 0.112. The molecule has 0 spiro atoms. The van der Waals surface area contributed by atoms with Gasteiger partial charge in [0.05, 0.1) is 5.39 Å². The first-order valence-corrected chi connectivity index (χ1v) is 7.33. The van der Waals surface area contributed by atoms with Gasteiger partial charge in [-0.15, -0.1) is 0 Å². The first kappa shape index (κ1) is 12.4. The Morgan fingerprint density at radius 3 is 2.48 bits per heavy atom. The van der Waals surface area contributed by atoms with Gasteiger partial charge in [0.1, 0.15) is 11.3 Å². The van der Waals surface area contributed by atoms with Crippen LogP contribution in [0.2, 0.25) is 0 Å². The van der Waals surface area contributed by atoms with Crippen LogP contribution in [0.1, 0.15) is 36.8 Å². The molecule has 0 radical (unpaired) electrons. The van der Waals surface area contributed by atoms with Crippen molar-refractivity contribution < 1.29 is 4.42 Å². The van der Waals surface area contributed by atoms with Gasteiger partial charge in [0.15, 0.2) is 5.43 Å². The molecular formula is C19H16O2. The molecular weight excluding hydrogens is 260 g/mol. The van der Waals surface area contributed by atoms with Crippen molar-refractivity contribution in [2.45, 2.75) is 25.7 Å². The van der Waals surface area contributed by atoms with Crippen LogP contribution in [-0.2, 0) is 0 Å². The van der Waals surface area contributed by atoms with Crippen LogP contribution in [0, 0.1) is 0 Å². The van der Waals surface area contributed by atoms with E-state index in [0.29, 0.717) is 16.9 Å². The van der Waals surface area contributed by atoms with Gasteiger partial charge in [-0.2, -0.15) is 0 Å². The van der Waals surface area contributed by atoms with Crippen LogP contribution in [0.4, 0.5) is 0 Å². The van der Waals surface area contributed by atoms with Crippen molar-refractivity contribution in [3.05, 3.63) is 69.9 Å². The molecule has 104 valence electrons. The molecule has 0 amide bonds. The van der Waals surface area contributed by atoms with Gasteiger partial charge in [-0.3, -0.25) is 4.79 Å². The highest BCUT2D eigenvalue weighted by atomic mass is 16.3. The summed E-state index contributed by atoms with van der Waals surface area (Å²) in [6.07, 6.45) is 0. The zero-order chi connectivity index (χ0) is 14.6. The smallest absolute Gasteiger partial charge is 0.196 e. The molecule has 2 aromatic carbocycles. The number of hydrogen-bond acceptors (Lipinski definition) is 2. The van der Waals surface area contributed by atoms with Crippen LogP contribution in [0.25, 0.3) is 22.3 Å². The first-order chi connectivity index (χ1) is 10.2. The van der Waals surface area contributed by atoms with Crippen molar-refractivity contribution in [2.75, 3.05) is 0 Å². The average molecular weight is 276 g/mol. The zero-order valence-corrected chi connectivity index (χ0v) is 12.1. The average Bonchev–Trinajstić information content (AvgIpc) is 2.52.